The molecule has 1 N–H and O–H groups in total. The Morgan fingerprint density at radius 3 is 3.00 bits per heavy atom. The van der Waals surface area contributed by atoms with E-state index in [2.05, 4.69) is 22.2 Å². The highest BCUT2D eigenvalue weighted by Gasteiger charge is 2.28. The summed E-state index contributed by atoms with van der Waals surface area (Å²) >= 11 is 0. The zero-order valence-electron chi connectivity index (χ0n) is 12.5. The van der Waals surface area contributed by atoms with Crippen molar-refractivity contribution in [3.63, 3.8) is 0 Å². The van der Waals surface area contributed by atoms with Gasteiger partial charge in [0.15, 0.2) is 0 Å². The molecule has 2 aromatic rings. The van der Waals surface area contributed by atoms with Gasteiger partial charge in [0.25, 0.3) is 0 Å². The molecule has 1 atom stereocenters. The normalized spacial score (nSPS) is 18.4. The standard InChI is InChI=1S/C15H21N5O/c1-11-9-16-17-15(11)13-4-6-19(10-13)14(21)5-8-20-7-3-12(2)18-20/h3,7,9,13H,4-6,8,10H2,1-2H3,(H,16,17)/t13-/m0/s1. The number of hydrogen-bond acceptors (Lipinski definition) is 3. The molecule has 2 aromatic heterocycles. The van der Waals surface area contributed by atoms with Crippen LogP contribution in [-0.2, 0) is 11.3 Å². The van der Waals surface area contributed by atoms with Crippen LogP contribution in [0, 0.1) is 13.8 Å². The van der Waals surface area contributed by atoms with Crippen molar-refractivity contribution in [2.75, 3.05) is 13.1 Å². The second-order valence-electron chi connectivity index (χ2n) is 5.76. The Labute approximate surface area is 124 Å². The summed E-state index contributed by atoms with van der Waals surface area (Å²) in [6.07, 6.45) is 5.29. The van der Waals surface area contributed by atoms with Gasteiger partial charge in [-0.1, -0.05) is 0 Å². The highest BCUT2D eigenvalue weighted by molar-refractivity contribution is 5.76. The molecule has 0 aromatic carbocycles. The van der Waals surface area contributed by atoms with Crippen molar-refractivity contribution < 1.29 is 4.79 Å². The largest absolute Gasteiger partial charge is 0.342 e. The number of hydrogen-bond donors (Lipinski definition) is 1. The fraction of sp³-hybridized carbons (Fsp3) is 0.533. The molecule has 6 heteroatoms. The van der Waals surface area contributed by atoms with Gasteiger partial charge >= 0.3 is 0 Å². The number of rotatable bonds is 4. The van der Waals surface area contributed by atoms with Gasteiger partial charge in [-0.05, 0) is 31.9 Å². The molecule has 112 valence electrons. The van der Waals surface area contributed by atoms with Gasteiger partial charge < -0.3 is 4.90 Å². The van der Waals surface area contributed by atoms with E-state index in [0.717, 1.165) is 25.2 Å². The Kier molecular flexibility index (Phi) is 3.77. The smallest absolute Gasteiger partial charge is 0.224 e. The highest BCUT2D eigenvalue weighted by Crippen LogP contribution is 2.27. The molecule has 0 aliphatic carbocycles. The maximum atomic E-state index is 12.3. The first-order valence-electron chi connectivity index (χ1n) is 7.41. The topological polar surface area (TPSA) is 66.8 Å². The monoisotopic (exact) mass is 287 g/mol. The maximum Gasteiger partial charge on any atom is 0.224 e. The molecule has 3 rings (SSSR count). The third-order valence-corrected chi connectivity index (χ3v) is 4.15. The van der Waals surface area contributed by atoms with Crippen molar-refractivity contribution in [2.45, 2.75) is 39.2 Å². The summed E-state index contributed by atoms with van der Waals surface area (Å²) in [5.74, 6) is 0.603. The minimum Gasteiger partial charge on any atom is -0.342 e. The number of nitrogens with one attached hydrogen (secondary N) is 1. The molecule has 1 saturated heterocycles. The van der Waals surface area contributed by atoms with Gasteiger partial charge in [-0.25, -0.2) is 0 Å². The van der Waals surface area contributed by atoms with Crippen molar-refractivity contribution in [1.29, 1.82) is 0 Å². The highest BCUT2D eigenvalue weighted by atomic mass is 16.2. The number of carbonyl (C=O) groups is 1. The molecular formula is C15H21N5O. The number of likely N-dealkylation sites (tertiary alicyclic amines) is 1. The number of carbonyl (C=O) groups excluding carboxylic acids is 1. The van der Waals surface area contributed by atoms with E-state index in [1.54, 1.807) is 0 Å². The number of aryl methyl sites for hydroxylation is 3. The van der Waals surface area contributed by atoms with Crippen molar-refractivity contribution >= 4 is 5.91 Å². The summed E-state index contributed by atoms with van der Waals surface area (Å²) in [6.45, 7) is 6.29. The van der Waals surface area contributed by atoms with Crippen LogP contribution in [-0.4, -0.2) is 43.9 Å². The Morgan fingerprint density at radius 1 is 1.48 bits per heavy atom. The number of H-pyrrole nitrogens is 1. The molecule has 3 heterocycles. The average molecular weight is 287 g/mol. The predicted molar refractivity (Wildman–Crippen MR) is 78.8 cm³/mol. The van der Waals surface area contributed by atoms with Gasteiger partial charge in [0.1, 0.15) is 0 Å². The molecule has 21 heavy (non-hydrogen) atoms. The lowest BCUT2D eigenvalue weighted by molar-refractivity contribution is -0.130. The first-order chi connectivity index (χ1) is 10.1. The molecule has 0 spiro atoms. The van der Waals surface area contributed by atoms with Gasteiger partial charge in [-0.3, -0.25) is 14.6 Å². The minimum absolute atomic E-state index is 0.211. The molecule has 1 fully saturated rings. The molecule has 0 radical (unpaired) electrons. The number of nitrogens with zero attached hydrogens (tertiary/aromatic N) is 4. The van der Waals surface area contributed by atoms with Gasteiger partial charge in [0, 0.05) is 43.9 Å². The van der Waals surface area contributed by atoms with Crippen molar-refractivity contribution in [1.82, 2.24) is 24.9 Å². The van der Waals surface area contributed by atoms with Crippen LogP contribution in [0.4, 0.5) is 0 Å². The summed E-state index contributed by atoms with van der Waals surface area (Å²) in [5.41, 5.74) is 3.34. The fourth-order valence-electron chi connectivity index (χ4n) is 2.95. The van der Waals surface area contributed by atoms with E-state index >= 15 is 0 Å². The van der Waals surface area contributed by atoms with Gasteiger partial charge in [0.2, 0.25) is 5.91 Å². The zero-order valence-corrected chi connectivity index (χ0v) is 12.5. The van der Waals surface area contributed by atoms with Crippen molar-refractivity contribution in [2.24, 2.45) is 0 Å². The number of amides is 1. The van der Waals surface area contributed by atoms with E-state index in [1.165, 1.54) is 11.3 Å². The second-order valence-corrected chi connectivity index (χ2v) is 5.76. The molecule has 1 aliphatic rings. The quantitative estimate of drug-likeness (QED) is 0.929. The zero-order chi connectivity index (χ0) is 14.8. The first-order valence-corrected chi connectivity index (χ1v) is 7.41. The SMILES string of the molecule is Cc1ccn(CCC(=O)N2CC[C@H](c3[nH]ncc3C)C2)n1. The summed E-state index contributed by atoms with van der Waals surface area (Å²) in [7, 11) is 0. The first kappa shape index (κ1) is 13.9. The molecule has 0 bridgehead atoms. The van der Waals surface area contributed by atoms with Crippen molar-refractivity contribution in [3.8, 4) is 0 Å². The van der Waals surface area contributed by atoms with Gasteiger partial charge in [-0.2, -0.15) is 10.2 Å². The van der Waals surface area contributed by atoms with E-state index in [0.29, 0.717) is 18.9 Å². The molecule has 1 aliphatic heterocycles. The lowest BCUT2D eigenvalue weighted by atomic mass is 10.0. The Balaban J connectivity index is 1.53. The van der Waals surface area contributed by atoms with E-state index in [1.807, 2.05) is 35.0 Å². The van der Waals surface area contributed by atoms with E-state index in [9.17, 15) is 4.79 Å². The molecule has 0 saturated carbocycles. The van der Waals surface area contributed by atoms with Gasteiger partial charge in [-0.15, -0.1) is 0 Å². The van der Waals surface area contributed by atoms with E-state index in [-0.39, 0.29) is 5.91 Å². The number of aromatic amines is 1. The van der Waals surface area contributed by atoms with Crippen LogP contribution >= 0.6 is 0 Å². The lowest BCUT2D eigenvalue weighted by Crippen LogP contribution is -2.29. The summed E-state index contributed by atoms with van der Waals surface area (Å²) in [5, 5.41) is 11.4. The number of aromatic nitrogens is 4. The predicted octanol–water partition coefficient (Wildman–Crippen LogP) is 1.63. The van der Waals surface area contributed by atoms with Crippen LogP contribution in [0.5, 0.6) is 0 Å². The Morgan fingerprint density at radius 2 is 2.33 bits per heavy atom. The van der Waals surface area contributed by atoms with Crippen LogP contribution in [0.1, 0.15) is 35.7 Å². The third-order valence-electron chi connectivity index (χ3n) is 4.15. The van der Waals surface area contributed by atoms with Crippen LogP contribution in [0.3, 0.4) is 0 Å². The van der Waals surface area contributed by atoms with Crippen molar-refractivity contribution in [3.05, 3.63) is 35.4 Å². The lowest BCUT2D eigenvalue weighted by Gasteiger charge is -2.16. The molecular weight excluding hydrogens is 266 g/mol. The van der Waals surface area contributed by atoms with Crippen LogP contribution < -0.4 is 0 Å². The Bertz CT molecular complexity index is 630. The fourth-order valence-corrected chi connectivity index (χ4v) is 2.95. The van der Waals surface area contributed by atoms with Crippen LogP contribution in [0.15, 0.2) is 18.5 Å². The van der Waals surface area contributed by atoms with E-state index in [4.69, 9.17) is 0 Å². The Hall–Kier alpha value is -2.11. The van der Waals surface area contributed by atoms with Crippen LogP contribution in [0.25, 0.3) is 0 Å². The van der Waals surface area contributed by atoms with Crippen LogP contribution in [0.2, 0.25) is 0 Å². The minimum atomic E-state index is 0.211. The second kappa shape index (κ2) is 5.71. The summed E-state index contributed by atoms with van der Waals surface area (Å²) in [4.78, 5) is 14.2. The average Bonchev–Trinajstić information content (AvgIpc) is 3.16. The summed E-state index contributed by atoms with van der Waals surface area (Å²) in [6, 6.07) is 1.96. The summed E-state index contributed by atoms with van der Waals surface area (Å²) < 4.78 is 1.83. The molecule has 0 unspecified atom stereocenters. The maximum absolute atomic E-state index is 12.3. The van der Waals surface area contributed by atoms with Gasteiger partial charge in [0.05, 0.1) is 11.9 Å². The molecule has 1 amide bonds. The third kappa shape index (κ3) is 2.99. The molecule has 6 nitrogen and oxygen atoms in total. The van der Waals surface area contributed by atoms with E-state index < -0.39 is 0 Å².